The van der Waals surface area contributed by atoms with Crippen molar-refractivity contribution in [3.8, 4) is 5.75 Å². The first-order valence-corrected chi connectivity index (χ1v) is 12.5. The Kier molecular flexibility index (Phi) is 5.35. The molecule has 1 fully saturated rings. The number of allylic oxidation sites excluding steroid dienone is 1. The molecular weight excluding hydrogens is 422 g/mol. The summed E-state index contributed by atoms with van der Waals surface area (Å²) in [6.45, 7) is 2.16. The second-order valence-electron chi connectivity index (χ2n) is 8.50. The van der Waals surface area contributed by atoms with Gasteiger partial charge in [0.1, 0.15) is 11.0 Å². The average molecular weight is 448 g/mol. The smallest absolute Gasteiger partial charge is 0.163 e. The summed E-state index contributed by atoms with van der Waals surface area (Å²) < 4.78 is 30.7. The number of phenolic OH excluding ortho intramolecular Hbond substituents is 1. The first-order chi connectivity index (χ1) is 15.4. The maximum absolute atomic E-state index is 12.4. The Bertz CT molecular complexity index is 1340. The first-order valence-electron chi connectivity index (χ1n) is 10.8. The van der Waals surface area contributed by atoms with E-state index in [-0.39, 0.29) is 24.2 Å². The molecule has 2 aliphatic heterocycles. The van der Waals surface area contributed by atoms with E-state index in [4.69, 9.17) is 4.74 Å². The molecule has 0 spiro atoms. The van der Waals surface area contributed by atoms with E-state index in [0.717, 1.165) is 38.7 Å². The fourth-order valence-electron chi connectivity index (χ4n) is 4.90. The molecule has 3 heterocycles. The number of ether oxygens (including phenoxy) is 1. The van der Waals surface area contributed by atoms with Gasteiger partial charge in [0.15, 0.2) is 9.84 Å². The number of aromatic hydroxyl groups is 1. The second kappa shape index (κ2) is 8.19. The molecule has 0 amide bonds. The molecule has 1 aromatic heterocycles. The number of benzene rings is 2. The highest BCUT2D eigenvalue weighted by atomic mass is 32.2. The summed E-state index contributed by atoms with van der Waals surface area (Å²) in [7, 11) is -3.12. The van der Waals surface area contributed by atoms with Gasteiger partial charge in [0, 0.05) is 11.6 Å². The highest BCUT2D eigenvalue weighted by Crippen LogP contribution is 2.39. The standard InChI is InChI=1S/C26H25NO4S/c1-17-16-32(29,30)25-15-31-24(26(17)25)12-10-19(22-8-4-5-13-27-22)14-18-9-11-23(28)21-7-3-2-6-20(18)21/h2-9,11,13-14,24-25,28H,10,12,15-16H2,1H3/b19-14-/t24-,25+/m1/s1. The molecule has 5 rings (SSSR count). The largest absolute Gasteiger partial charge is 0.507 e. The van der Waals surface area contributed by atoms with Crippen LogP contribution >= 0.6 is 0 Å². The van der Waals surface area contributed by atoms with Crippen LogP contribution in [-0.2, 0) is 14.6 Å². The predicted molar refractivity (Wildman–Crippen MR) is 127 cm³/mol. The van der Waals surface area contributed by atoms with Crippen LogP contribution in [0.2, 0.25) is 0 Å². The van der Waals surface area contributed by atoms with Gasteiger partial charge in [-0.1, -0.05) is 42.0 Å². The van der Waals surface area contributed by atoms with Crippen molar-refractivity contribution in [1.82, 2.24) is 4.98 Å². The molecule has 2 atom stereocenters. The zero-order valence-corrected chi connectivity index (χ0v) is 18.7. The van der Waals surface area contributed by atoms with Crippen LogP contribution in [0.15, 0.2) is 71.9 Å². The predicted octanol–water partition coefficient (Wildman–Crippen LogP) is 4.77. The zero-order chi connectivity index (χ0) is 22.3. The van der Waals surface area contributed by atoms with Crippen molar-refractivity contribution in [1.29, 1.82) is 0 Å². The quantitative estimate of drug-likeness (QED) is 0.570. The normalized spacial score (nSPS) is 22.5. The van der Waals surface area contributed by atoms with Crippen LogP contribution in [0.3, 0.4) is 0 Å². The second-order valence-corrected chi connectivity index (χ2v) is 10.7. The molecule has 164 valence electrons. The number of pyridine rings is 1. The van der Waals surface area contributed by atoms with E-state index >= 15 is 0 Å². The molecule has 0 radical (unpaired) electrons. The van der Waals surface area contributed by atoms with Gasteiger partial charge in [0.25, 0.3) is 0 Å². The van der Waals surface area contributed by atoms with E-state index in [9.17, 15) is 13.5 Å². The van der Waals surface area contributed by atoms with E-state index in [1.807, 2.05) is 55.5 Å². The number of sulfone groups is 1. The minimum atomic E-state index is -3.12. The maximum Gasteiger partial charge on any atom is 0.163 e. The fraction of sp³-hybridized carbons (Fsp3) is 0.269. The lowest BCUT2D eigenvalue weighted by Gasteiger charge is -2.15. The molecule has 3 aromatic rings. The minimum Gasteiger partial charge on any atom is -0.507 e. The van der Waals surface area contributed by atoms with Crippen molar-refractivity contribution in [2.24, 2.45) is 0 Å². The molecule has 0 saturated carbocycles. The summed E-state index contributed by atoms with van der Waals surface area (Å²) in [4.78, 5) is 4.56. The maximum atomic E-state index is 12.4. The number of aromatic nitrogens is 1. The molecule has 2 aliphatic rings. The van der Waals surface area contributed by atoms with E-state index in [1.165, 1.54) is 0 Å². The summed E-state index contributed by atoms with van der Waals surface area (Å²) in [5, 5.41) is 11.5. The lowest BCUT2D eigenvalue weighted by Crippen LogP contribution is -2.19. The molecule has 0 aliphatic carbocycles. The van der Waals surface area contributed by atoms with Crippen LogP contribution in [0.25, 0.3) is 22.4 Å². The fourth-order valence-corrected chi connectivity index (χ4v) is 6.89. The Morgan fingerprint density at radius 3 is 2.69 bits per heavy atom. The molecule has 6 heteroatoms. The van der Waals surface area contributed by atoms with Crippen molar-refractivity contribution in [3.05, 3.63) is 83.2 Å². The summed E-state index contributed by atoms with van der Waals surface area (Å²) in [6, 6.07) is 17.2. The number of hydrogen-bond acceptors (Lipinski definition) is 5. The number of hydrogen-bond donors (Lipinski definition) is 1. The lowest BCUT2D eigenvalue weighted by molar-refractivity contribution is 0.118. The SMILES string of the molecule is CC1=C2[C@@H](CC/C(=C/c3ccc(O)c4ccccc34)c3ccccn3)OC[C@@H]2S(=O)(=O)C1. The zero-order valence-electron chi connectivity index (χ0n) is 17.9. The van der Waals surface area contributed by atoms with Crippen molar-refractivity contribution < 1.29 is 18.3 Å². The number of fused-ring (bicyclic) bond motifs is 2. The molecule has 0 bridgehead atoms. The number of phenols is 1. The number of nitrogens with zero attached hydrogens (tertiary/aromatic N) is 1. The van der Waals surface area contributed by atoms with Crippen molar-refractivity contribution in [2.75, 3.05) is 12.4 Å². The number of rotatable bonds is 5. The third-order valence-electron chi connectivity index (χ3n) is 6.42. The summed E-state index contributed by atoms with van der Waals surface area (Å²) >= 11 is 0. The third kappa shape index (κ3) is 3.74. The van der Waals surface area contributed by atoms with Crippen molar-refractivity contribution >= 4 is 32.3 Å². The van der Waals surface area contributed by atoms with Crippen molar-refractivity contribution in [2.45, 2.75) is 31.1 Å². The van der Waals surface area contributed by atoms with Gasteiger partial charge in [-0.3, -0.25) is 4.98 Å². The van der Waals surface area contributed by atoms with E-state index in [2.05, 4.69) is 11.1 Å². The summed E-state index contributed by atoms with van der Waals surface area (Å²) in [6.07, 6.45) is 5.10. The Hall–Kier alpha value is -2.96. The molecule has 0 unspecified atom stereocenters. The molecule has 1 N–H and O–H groups in total. The molecule has 1 saturated heterocycles. The van der Waals surface area contributed by atoms with E-state index in [1.54, 1.807) is 12.3 Å². The van der Waals surface area contributed by atoms with Gasteiger partial charge >= 0.3 is 0 Å². The van der Waals surface area contributed by atoms with Crippen LogP contribution in [0.1, 0.15) is 31.0 Å². The molecular formula is C26H25NO4S. The first kappa shape index (κ1) is 20.9. The van der Waals surface area contributed by atoms with Crippen molar-refractivity contribution in [3.63, 3.8) is 0 Å². The third-order valence-corrected chi connectivity index (χ3v) is 8.51. The van der Waals surface area contributed by atoms with E-state index in [0.29, 0.717) is 12.8 Å². The van der Waals surface area contributed by atoms with Gasteiger partial charge < -0.3 is 9.84 Å². The van der Waals surface area contributed by atoms with Gasteiger partial charge in [-0.2, -0.15) is 0 Å². The van der Waals surface area contributed by atoms with E-state index < -0.39 is 15.1 Å². The van der Waals surface area contributed by atoms with Gasteiger partial charge in [0.2, 0.25) is 0 Å². The monoisotopic (exact) mass is 447 g/mol. The van der Waals surface area contributed by atoms with Gasteiger partial charge in [-0.25, -0.2) is 8.42 Å². The Morgan fingerprint density at radius 1 is 1.12 bits per heavy atom. The highest BCUT2D eigenvalue weighted by Gasteiger charge is 2.45. The summed E-state index contributed by atoms with van der Waals surface area (Å²) in [5.74, 6) is 0.405. The van der Waals surface area contributed by atoms with Crippen LogP contribution in [0.5, 0.6) is 5.75 Å². The van der Waals surface area contributed by atoms with Gasteiger partial charge in [-0.05, 0) is 66.1 Å². The minimum absolute atomic E-state index is 0.148. The van der Waals surface area contributed by atoms with Gasteiger partial charge in [0.05, 0.1) is 24.2 Å². The van der Waals surface area contributed by atoms with Crippen LogP contribution in [-0.4, -0.2) is 42.2 Å². The van der Waals surface area contributed by atoms with Gasteiger partial charge in [-0.15, -0.1) is 0 Å². The van der Waals surface area contributed by atoms with Crippen LogP contribution < -0.4 is 0 Å². The molecule has 5 nitrogen and oxygen atoms in total. The molecule has 2 aromatic carbocycles. The Balaban J connectivity index is 1.49. The highest BCUT2D eigenvalue weighted by molar-refractivity contribution is 7.92. The summed E-state index contributed by atoms with van der Waals surface area (Å²) in [5.41, 5.74) is 4.82. The topological polar surface area (TPSA) is 76.5 Å². The Morgan fingerprint density at radius 2 is 1.91 bits per heavy atom. The molecule has 32 heavy (non-hydrogen) atoms. The average Bonchev–Trinajstić information content (AvgIpc) is 3.33. The lowest BCUT2D eigenvalue weighted by atomic mass is 9.94. The Labute approximate surface area is 188 Å². The van der Waals surface area contributed by atoms with Crippen LogP contribution in [0.4, 0.5) is 0 Å². The van der Waals surface area contributed by atoms with Crippen LogP contribution in [0, 0.1) is 0 Å².